The minimum atomic E-state index is -5.12. The van der Waals surface area contributed by atoms with Gasteiger partial charge in [0, 0.05) is 24.0 Å². The number of carboxylic acid groups (broad SMARTS) is 1. The fraction of sp³-hybridized carbons (Fsp3) is 0.574. The quantitative estimate of drug-likeness (QED) is 0.166. The van der Waals surface area contributed by atoms with Crippen LogP contribution in [0.1, 0.15) is 93.4 Å². The van der Waals surface area contributed by atoms with E-state index < -0.39 is 92.4 Å². The normalized spacial score (nSPS) is 27.1. The van der Waals surface area contributed by atoms with Gasteiger partial charge < -0.3 is 29.5 Å². The van der Waals surface area contributed by atoms with Crippen molar-refractivity contribution in [1.82, 2.24) is 29.8 Å². The number of carbonyl (C=O) groups is 4. The molecular weight excluding hydrogens is 898 g/mol. The Morgan fingerprint density at radius 2 is 1.70 bits per heavy atom. The molecule has 1 aromatic heterocycles. The van der Waals surface area contributed by atoms with Crippen LogP contribution in [0.3, 0.4) is 0 Å². The summed E-state index contributed by atoms with van der Waals surface area (Å²) in [7, 11) is -2.66. The van der Waals surface area contributed by atoms with Gasteiger partial charge in [0.2, 0.25) is 27.7 Å². The van der Waals surface area contributed by atoms with E-state index in [1.165, 1.54) is 21.0 Å². The molecule has 3 fully saturated rings. The lowest BCUT2D eigenvalue weighted by atomic mass is 9.85. The van der Waals surface area contributed by atoms with Crippen LogP contribution in [-0.4, -0.2) is 117 Å². The molecule has 67 heavy (non-hydrogen) atoms. The number of halogens is 3. The van der Waals surface area contributed by atoms with Gasteiger partial charge in [-0.15, -0.1) is 0 Å². The number of sulfonamides is 1. The van der Waals surface area contributed by atoms with Crippen molar-refractivity contribution in [1.29, 1.82) is 0 Å². The van der Waals surface area contributed by atoms with Gasteiger partial charge in [-0.2, -0.15) is 18.2 Å². The van der Waals surface area contributed by atoms with Crippen LogP contribution in [0.5, 0.6) is 17.4 Å². The summed E-state index contributed by atoms with van der Waals surface area (Å²) >= 11 is 0. The standard InChI is InChI=1S/C47H59F3N6O10S/c1-26(2)65-31-15-13-29(14-16-31)38-51-35-22-32(64-8)17-18-34(35)40(52-38)66-33-23-36-39(57)53-46(42(59)54-67(62,63)45(7)19-20-45)24-30(46)12-10-9-11-27(3)21-28(4)37(41(58)55(36)25-33)56(43(60)61)44(5,6)47(48,49)50/h10,12-18,22,26-28,30,33,36-37H,9,11,19-21,23-25H2,1-8H3,(H,53,57)(H,54,59)(H,60,61)/b12-10-/t27-,28-,30-,33-,36+,37+,46-/m1/s1. The van der Waals surface area contributed by atoms with E-state index in [9.17, 15) is 41.1 Å². The molecule has 3 aromatic rings. The van der Waals surface area contributed by atoms with E-state index in [2.05, 4.69) is 10.0 Å². The number of hydrogen-bond donors (Lipinski definition) is 3. The number of hydrogen-bond acceptors (Lipinski definition) is 11. The van der Waals surface area contributed by atoms with Crippen LogP contribution in [0.25, 0.3) is 22.3 Å². The molecule has 7 atom stereocenters. The number of allylic oxidation sites excluding steroid dienone is 1. The summed E-state index contributed by atoms with van der Waals surface area (Å²) in [5.74, 6) is -3.42. The topological polar surface area (TPSA) is 207 Å². The third kappa shape index (κ3) is 9.86. The van der Waals surface area contributed by atoms with Crippen LogP contribution in [-0.2, 0) is 24.4 Å². The number of amides is 4. The second-order valence-electron chi connectivity index (χ2n) is 19.5. The van der Waals surface area contributed by atoms with E-state index >= 15 is 4.79 Å². The Morgan fingerprint density at radius 1 is 1.03 bits per heavy atom. The summed E-state index contributed by atoms with van der Waals surface area (Å²) in [5.41, 5.74) is -3.83. The number of benzene rings is 2. The Kier molecular flexibility index (Phi) is 13.3. The molecule has 2 aliphatic carbocycles. The van der Waals surface area contributed by atoms with Crippen LogP contribution in [0.15, 0.2) is 54.6 Å². The summed E-state index contributed by atoms with van der Waals surface area (Å²) in [6.45, 7) is 9.64. The molecule has 2 saturated carbocycles. The van der Waals surface area contributed by atoms with Crippen LogP contribution >= 0.6 is 0 Å². The average molecular weight is 957 g/mol. The van der Waals surface area contributed by atoms with Gasteiger partial charge in [-0.3, -0.25) is 24.0 Å². The highest BCUT2D eigenvalue weighted by Gasteiger charge is 2.64. The van der Waals surface area contributed by atoms with E-state index in [-0.39, 0.29) is 47.9 Å². The van der Waals surface area contributed by atoms with Gasteiger partial charge in [-0.1, -0.05) is 26.0 Å². The first-order chi connectivity index (χ1) is 31.3. The van der Waals surface area contributed by atoms with Crippen molar-refractivity contribution in [2.24, 2.45) is 17.8 Å². The maximum absolute atomic E-state index is 15.3. The fourth-order valence-corrected chi connectivity index (χ4v) is 10.4. The summed E-state index contributed by atoms with van der Waals surface area (Å²) in [6.07, 6.45) is -3.23. The number of carbonyl (C=O) groups excluding carboxylic acids is 3. The highest BCUT2D eigenvalue weighted by atomic mass is 32.2. The van der Waals surface area contributed by atoms with Crippen molar-refractivity contribution in [3.05, 3.63) is 54.6 Å². The second-order valence-corrected chi connectivity index (χ2v) is 21.7. The van der Waals surface area contributed by atoms with E-state index in [1.807, 2.05) is 20.8 Å². The van der Waals surface area contributed by atoms with E-state index in [0.29, 0.717) is 67.5 Å². The number of nitrogens with one attached hydrogen (secondary N) is 2. The fourth-order valence-electron chi connectivity index (χ4n) is 9.12. The summed E-state index contributed by atoms with van der Waals surface area (Å²) in [4.78, 5) is 68.0. The van der Waals surface area contributed by atoms with Gasteiger partial charge >= 0.3 is 12.3 Å². The number of ether oxygens (including phenoxy) is 3. The van der Waals surface area contributed by atoms with Crippen molar-refractivity contribution in [3.63, 3.8) is 0 Å². The zero-order valence-electron chi connectivity index (χ0n) is 38.8. The molecule has 20 heteroatoms. The van der Waals surface area contributed by atoms with Crippen molar-refractivity contribution in [2.45, 2.75) is 140 Å². The predicted octanol–water partition coefficient (Wildman–Crippen LogP) is 7.02. The minimum absolute atomic E-state index is 0.0272. The lowest BCUT2D eigenvalue weighted by Crippen LogP contribution is -2.66. The third-order valence-corrected chi connectivity index (χ3v) is 15.8. The molecule has 4 amide bonds. The third-order valence-electron chi connectivity index (χ3n) is 13.6. The zero-order chi connectivity index (χ0) is 49.0. The first-order valence-corrected chi connectivity index (χ1v) is 24.0. The highest BCUT2D eigenvalue weighted by molar-refractivity contribution is 7.91. The number of aromatic nitrogens is 2. The molecule has 2 aromatic carbocycles. The smallest absolute Gasteiger partial charge is 0.411 e. The van der Waals surface area contributed by atoms with E-state index in [4.69, 9.17) is 24.2 Å². The molecule has 3 heterocycles. The molecule has 4 aliphatic rings. The Balaban J connectivity index is 1.31. The van der Waals surface area contributed by atoms with Crippen LogP contribution in [0.4, 0.5) is 18.0 Å². The van der Waals surface area contributed by atoms with Gasteiger partial charge in [0.25, 0.3) is 5.91 Å². The van der Waals surface area contributed by atoms with E-state index in [0.717, 1.165) is 4.90 Å². The molecule has 0 unspecified atom stereocenters. The lowest BCUT2D eigenvalue weighted by molar-refractivity contribution is -0.222. The highest BCUT2D eigenvalue weighted by Crippen LogP contribution is 2.48. The molecule has 0 bridgehead atoms. The van der Waals surface area contributed by atoms with Crippen molar-refractivity contribution < 1.29 is 60.1 Å². The SMILES string of the molecule is COc1ccc2c(O[C@@H]3C[C@H]4C(=O)N[C@]5(C(=O)NS(=O)(=O)C6(C)CC6)C[C@H]5/C=C\CC[C@@H](C)C[C@@H](C)[C@H](N(C(=O)O)C(C)(C)C(F)(F)F)C(=O)N4C3)nc(-c3ccc(OC(C)C)cc3)nc2c1. The maximum Gasteiger partial charge on any atom is 0.411 e. The molecule has 0 spiro atoms. The Hall–Kier alpha value is -5.66. The number of nitrogens with zero attached hydrogens (tertiary/aromatic N) is 4. The molecule has 7 rings (SSSR count). The molecule has 0 radical (unpaired) electrons. The van der Waals surface area contributed by atoms with Crippen molar-refractivity contribution in [2.75, 3.05) is 13.7 Å². The molecule has 16 nitrogen and oxygen atoms in total. The Labute approximate surface area is 388 Å². The largest absolute Gasteiger partial charge is 0.497 e. The van der Waals surface area contributed by atoms with Crippen molar-refractivity contribution in [3.8, 4) is 28.8 Å². The average Bonchev–Trinajstić information content (AvgIpc) is 4.13. The Morgan fingerprint density at radius 3 is 2.31 bits per heavy atom. The molecule has 3 N–H and O–H groups in total. The van der Waals surface area contributed by atoms with Crippen LogP contribution < -0.4 is 24.2 Å². The predicted molar refractivity (Wildman–Crippen MR) is 241 cm³/mol. The molecule has 1 saturated heterocycles. The lowest BCUT2D eigenvalue weighted by Gasteiger charge is -2.45. The van der Waals surface area contributed by atoms with Gasteiger partial charge in [0.15, 0.2) is 5.82 Å². The molecule has 2 aliphatic heterocycles. The number of alkyl halides is 3. The van der Waals surface area contributed by atoms with Gasteiger partial charge in [0.1, 0.15) is 40.8 Å². The molecular formula is C47H59F3N6O10S. The molecule has 364 valence electrons. The van der Waals surface area contributed by atoms with Gasteiger partial charge in [-0.25, -0.2) is 18.2 Å². The first-order valence-electron chi connectivity index (χ1n) is 22.6. The zero-order valence-corrected chi connectivity index (χ0v) is 39.7. The monoisotopic (exact) mass is 956 g/mol. The first kappa shape index (κ1) is 49.3. The summed E-state index contributed by atoms with van der Waals surface area (Å²) in [5, 5.41) is 13.8. The number of rotatable bonds is 11. The Bertz CT molecular complexity index is 2550. The minimum Gasteiger partial charge on any atom is -0.497 e. The van der Waals surface area contributed by atoms with Crippen molar-refractivity contribution >= 4 is 44.7 Å². The summed E-state index contributed by atoms with van der Waals surface area (Å²) < 4.78 is 90.2. The number of fused-ring (bicyclic) bond motifs is 3. The van der Waals surface area contributed by atoms with Gasteiger partial charge in [0.05, 0.1) is 35.4 Å². The van der Waals surface area contributed by atoms with Crippen LogP contribution in [0, 0.1) is 17.8 Å². The number of methoxy groups -OCH3 is 1. The van der Waals surface area contributed by atoms with Gasteiger partial charge in [-0.05, 0) is 121 Å². The maximum atomic E-state index is 15.3. The van der Waals surface area contributed by atoms with E-state index in [1.54, 1.807) is 54.6 Å². The summed E-state index contributed by atoms with van der Waals surface area (Å²) in [6, 6.07) is 8.57. The van der Waals surface area contributed by atoms with Crippen LogP contribution in [0.2, 0.25) is 0 Å². The second kappa shape index (κ2) is 18.1.